The highest BCUT2D eigenvalue weighted by Gasteiger charge is 2.14. The molecule has 0 aliphatic heterocycles. The maximum atomic E-state index is 12.4. The Hall–Kier alpha value is -2.73. The predicted octanol–water partition coefficient (Wildman–Crippen LogP) is 0.371. The average Bonchev–Trinajstić information content (AvgIpc) is 2.56. The second-order valence-corrected chi connectivity index (χ2v) is 5.17. The fourth-order valence-corrected chi connectivity index (χ4v) is 2.40. The van der Waals surface area contributed by atoms with Gasteiger partial charge in [-0.15, -0.1) is 0 Å². The van der Waals surface area contributed by atoms with E-state index < -0.39 is 6.61 Å². The van der Waals surface area contributed by atoms with Gasteiger partial charge in [0.1, 0.15) is 5.75 Å². The molecule has 0 saturated carbocycles. The number of ether oxygens (including phenoxy) is 1. The Labute approximate surface area is 149 Å². The molecule has 0 radical (unpaired) electrons. The first kappa shape index (κ1) is 18.6. The van der Waals surface area contributed by atoms with Crippen molar-refractivity contribution in [2.45, 2.75) is 13.2 Å². The number of anilines is 1. The summed E-state index contributed by atoms with van der Waals surface area (Å²) in [5, 5.41) is 4.68. The van der Waals surface area contributed by atoms with E-state index in [1.165, 1.54) is 12.1 Å². The number of para-hydroxylation sites is 2. The Morgan fingerprint density at radius 3 is 2.48 bits per heavy atom. The van der Waals surface area contributed by atoms with Crippen LogP contribution < -0.4 is 27.0 Å². The fourth-order valence-electron chi connectivity index (χ4n) is 2.40. The number of hydrogen-bond donors (Lipinski definition) is 1. The van der Waals surface area contributed by atoms with Crippen molar-refractivity contribution in [3.8, 4) is 5.75 Å². The standard InChI is InChI=1S/C18H14F2N2O2.ClH/c19-18(20)24-16-8-4-3-7-15(16)21-17(23)12-22-10-9-13-5-1-2-6-14(13)11-22;/h1-11,18H,12H2;1H. The van der Waals surface area contributed by atoms with Gasteiger partial charge in [-0.2, -0.15) is 13.3 Å². The molecule has 0 atom stereocenters. The Kier molecular flexibility index (Phi) is 6.25. The third kappa shape index (κ3) is 4.87. The molecule has 1 amide bonds. The largest absolute Gasteiger partial charge is 1.00 e. The number of amides is 1. The number of benzene rings is 2. The third-order valence-electron chi connectivity index (χ3n) is 3.45. The van der Waals surface area contributed by atoms with Gasteiger partial charge in [-0.25, -0.2) is 0 Å². The normalized spacial score (nSPS) is 10.4. The van der Waals surface area contributed by atoms with Crippen molar-refractivity contribution in [3.05, 3.63) is 67.0 Å². The van der Waals surface area contributed by atoms with Crippen LogP contribution in [0, 0.1) is 0 Å². The molecule has 0 fully saturated rings. The van der Waals surface area contributed by atoms with Crippen molar-refractivity contribution in [3.63, 3.8) is 0 Å². The number of fused-ring (bicyclic) bond motifs is 1. The zero-order valence-electron chi connectivity index (χ0n) is 13.0. The lowest BCUT2D eigenvalue weighted by atomic mass is 10.2. The minimum atomic E-state index is -2.95. The van der Waals surface area contributed by atoms with E-state index in [1.54, 1.807) is 22.9 Å². The topological polar surface area (TPSA) is 42.2 Å². The Morgan fingerprint density at radius 1 is 1.04 bits per heavy atom. The van der Waals surface area contributed by atoms with Crippen LogP contribution in [-0.4, -0.2) is 12.5 Å². The van der Waals surface area contributed by atoms with Gasteiger partial charge in [-0.3, -0.25) is 4.79 Å². The van der Waals surface area contributed by atoms with Crippen LogP contribution >= 0.6 is 0 Å². The van der Waals surface area contributed by atoms with Crippen LogP contribution in [0.15, 0.2) is 67.0 Å². The van der Waals surface area contributed by atoms with Crippen molar-refractivity contribution >= 4 is 22.4 Å². The molecule has 0 unspecified atom stereocenters. The number of nitrogens with zero attached hydrogens (tertiary/aromatic N) is 1. The molecule has 0 spiro atoms. The van der Waals surface area contributed by atoms with Crippen LogP contribution in [0.4, 0.5) is 14.5 Å². The van der Waals surface area contributed by atoms with Gasteiger partial charge in [-0.1, -0.05) is 30.3 Å². The summed E-state index contributed by atoms with van der Waals surface area (Å²) in [5.41, 5.74) is 0.212. The van der Waals surface area contributed by atoms with E-state index in [-0.39, 0.29) is 36.3 Å². The number of nitrogens with one attached hydrogen (secondary N) is 1. The maximum absolute atomic E-state index is 12.4. The fraction of sp³-hybridized carbons (Fsp3) is 0.111. The molecule has 0 aliphatic carbocycles. The van der Waals surface area contributed by atoms with E-state index in [2.05, 4.69) is 10.1 Å². The SMILES string of the molecule is O=C(C[n+]1ccc2ccccc2c1)Nc1ccccc1OC(F)F.[Cl-]. The lowest BCUT2D eigenvalue weighted by Gasteiger charge is -2.10. The van der Waals surface area contributed by atoms with Gasteiger partial charge in [0.25, 0.3) is 5.91 Å². The minimum absolute atomic E-state index is 0. The average molecular weight is 365 g/mol. The summed E-state index contributed by atoms with van der Waals surface area (Å²) in [4.78, 5) is 12.2. The Morgan fingerprint density at radius 2 is 1.72 bits per heavy atom. The molecule has 25 heavy (non-hydrogen) atoms. The van der Waals surface area contributed by atoms with E-state index in [0.29, 0.717) is 0 Å². The number of aromatic nitrogens is 1. The predicted molar refractivity (Wildman–Crippen MR) is 85.8 cm³/mol. The number of halogens is 3. The van der Waals surface area contributed by atoms with Crippen LogP contribution in [0.2, 0.25) is 0 Å². The minimum Gasteiger partial charge on any atom is -1.00 e. The van der Waals surface area contributed by atoms with Gasteiger partial charge in [0.15, 0.2) is 12.4 Å². The molecule has 0 bridgehead atoms. The third-order valence-corrected chi connectivity index (χ3v) is 3.45. The molecule has 130 valence electrons. The summed E-state index contributed by atoms with van der Waals surface area (Å²) in [6, 6.07) is 15.8. The Balaban J connectivity index is 0.00000225. The molecule has 7 heteroatoms. The maximum Gasteiger partial charge on any atom is 0.387 e. The zero-order valence-corrected chi connectivity index (χ0v) is 13.8. The lowest BCUT2D eigenvalue weighted by Crippen LogP contribution is -3.00. The quantitative estimate of drug-likeness (QED) is 0.665. The van der Waals surface area contributed by atoms with Gasteiger partial charge in [0, 0.05) is 11.5 Å². The first-order chi connectivity index (χ1) is 11.6. The molecule has 3 aromatic rings. The van der Waals surface area contributed by atoms with Gasteiger partial charge in [-0.05, 0) is 23.6 Å². The van der Waals surface area contributed by atoms with Crippen molar-refractivity contribution in [1.29, 1.82) is 0 Å². The smallest absolute Gasteiger partial charge is 0.387 e. The summed E-state index contributed by atoms with van der Waals surface area (Å²) in [5.74, 6) is -0.398. The monoisotopic (exact) mass is 364 g/mol. The van der Waals surface area contributed by atoms with Gasteiger partial charge in [0.05, 0.1) is 5.69 Å². The molecular weight excluding hydrogens is 350 g/mol. The molecule has 4 nitrogen and oxygen atoms in total. The number of alkyl halides is 2. The van der Waals surface area contributed by atoms with E-state index in [1.807, 2.05) is 36.5 Å². The van der Waals surface area contributed by atoms with Crippen molar-refractivity contribution in [1.82, 2.24) is 0 Å². The van der Waals surface area contributed by atoms with Crippen LogP contribution in [0.1, 0.15) is 0 Å². The lowest BCUT2D eigenvalue weighted by molar-refractivity contribution is -0.682. The van der Waals surface area contributed by atoms with Gasteiger partial charge >= 0.3 is 6.61 Å². The van der Waals surface area contributed by atoms with Crippen molar-refractivity contribution < 1.29 is 35.3 Å². The van der Waals surface area contributed by atoms with Gasteiger partial charge in [0.2, 0.25) is 6.54 Å². The molecule has 1 aromatic heterocycles. The summed E-state index contributed by atoms with van der Waals surface area (Å²) >= 11 is 0. The molecule has 1 heterocycles. The number of pyridine rings is 1. The number of hydrogen-bond acceptors (Lipinski definition) is 2. The van der Waals surface area contributed by atoms with E-state index in [4.69, 9.17) is 0 Å². The van der Waals surface area contributed by atoms with Crippen molar-refractivity contribution in [2.24, 2.45) is 0 Å². The van der Waals surface area contributed by atoms with Gasteiger partial charge < -0.3 is 22.5 Å². The van der Waals surface area contributed by atoms with E-state index in [9.17, 15) is 13.6 Å². The van der Waals surface area contributed by atoms with Crippen LogP contribution in [0.5, 0.6) is 5.75 Å². The summed E-state index contributed by atoms with van der Waals surface area (Å²) in [7, 11) is 0. The zero-order chi connectivity index (χ0) is 16.9. The summed E-state index contributed by atoms with van der Waals surface area (Å²) in [6.07, 6.45) is 3.65. The number of rotatable bonds is 5. The molecular formula is C18H15ClF2N2O2. The highest BCUT2D eigenvalue weighted by atomic mass is 35.5. The molecule has 0 saturated heterocycles. The summed E-state index contributed by atoms with van der Waals surface area (Å²) in [6.45, 7) is -2.88. The van der Waals surface area contributed by atoms with Crippen molar-refractivity contribution in [2.75, 3.05) is 5.32 Å². The Bertz CT molecular complexity index is 874. The van der Waals surface area contributed by atoms with E-state index in [0.717, 1.165) is 10.8 Å². The molecule has 2 aromatic carbocycles. The number of carbonyl (C=O) groups excluding carboxylic acids is 1. The summed E-state index contributed by atoms with van der Waals surface area (Å²) < 4.78 is 30.9. The van der Waals surface area contributed by atoms with Crippen LogP contribution in [-0.2, 0) is 11.3 Å². The second-order valence-electron chi connectivity index (χ2n) is 5.17. The highest BCUT2D eigenvalue weighted by molar-refractivity contribution is 5.91. The van der Waals surface area contributed by atoms with E-state index >= 15 is 0 Å². The molecule has 3 rings (SSSR count). The molecule has 1 N–H and O–H groups in total. The number of carbonyl (C=O) groups is 1. The van der Waals surface area contributed by atoms with Crippen LogP contribution in [0.3, 0.4) is 0 Å². The second kappa shape index (κ2) is 8.39. The molecule has 0 aliphatic rings. The van der Waals surface area contributed by atoms with Crippen LogP contribution in [0.25, 0.3) is 10.8 Å². The first-order valence-corrected chi connectivity index (χ1v) is 7.33. The first-order valence-electron chi connectivity index (χ1n) is 7.33. The highest BCUT2D eigenvalue weighted by Crippen LogP contribution is 2.25.